The van der Waals surface area contributed by atoms with Crippen LogP contribution in [-0.4, -0.2) is 0 Å². The van der Waals surface area contributed by atoms with Gasteiger partial charge in [0.25, 0.3) is 0 Å². The molecule has 2 saturated carbocycles. The Kier molecular flexibility index (Phi) is 4.02. The predicted molar refractivity (Wildman–Crippen MR) is 77.7 cm³/mol. The molecule has 0 bridgehead atoms. The van der Waals surface area contributed by atoms with Crippen LogP contribution >= 0.6 is 0 Å². The lowest BCUT2D eigenvalue weighted by molar-refractivity contribution is 0.169. The van der Waals surface area contributed by atoms with Gasteiger partial charge in [-0.3, -0.25) is 0 Å². The van der Waals surface area contributed by atoms with Crippen LogP contribution in [0.15, 0.2) is 30.3 Å². The molecule has 0 aromatic heterocycles. The molecule has 2 aliphatic rings. The van der Waals surface area contributed by atoms with Crippen molar-refractivity contribution in [2.75, 3.05) is 0 Å². The van der Waals surface area contributed by atoms with Gasteiger partial charge in [0.2, 0.25) is 0 Å². The standard InChI is InChI=1S/C18H26/c1-3-9-15(10-4-1)17-13-7-8-14-18(17)16-11-5-2-6-12-16/h1,3-4,9-10,16-18H,2,5-8,11-14H2. The van der Waals surface area contributed by atoms with E-state index in [4.69, 9.17) is 0 Å². The summed E-state index contributed by atoms with van der Waals surface area (Å²) < 4.78 is 0. The average molecular weight is 242 g/mol. The van der Waals surface area contributed by atoms with Crippen LogP contribution in [0.2, 0.25) is 0 Å². The summed E-state index contributed by atoms with van der Waals surface area (Å²) in [5.74, 6) is 2.88. The van der Waals surface area contributed by atoms with Gasteiger partial charge in [-0.1, -0.05) is 75.3 Å². The number of hydrogen-bond acceptors (Lipinski definition) is 0. The van der Waals surface area contributed by atoms with Crippen LogP contribution in [0.5, 0.6) is 0 Å². The zero-order chi connectivity index (χ0) is 12.2. The molecule has 0 N–H and O–H groups in total. The highest BCUT2D eigenvalue weighted by Crippen LogP contribution is 2.45. The summed E-state index contributed by atoms with van der Waals surface area (Å²) in [7, 11) is 0. The van der Waals surface area contributed by atoms with Gasteiger partial charge in [-0.15, -0.1) is 0 Å². The third kappa shape index (κ3) is 2.63. The minimum Gasteiger partial charge on any atom is -0.0622 e. The van der Waals surface area contributed by atoms with E-state index >= 15 is 0 Å². The van der Waals surface area contributed by atoms with Crippen molar-refractivity contribution in [3.05, 3.63) is 35.9 Å². The molecule has 3 rings (SSSR count). The van der Waals surface area contributed by atoms with E-state index in [9.17, 15) is 0 Å². The second-order valence-corrected chi connectivity index (χ2v) is 6.36. The maximum Gasteiger partial charge on any atom is -0.0131 e. The van der Waals surface area contributed by atoms with Crippen LogP contribution in [0.4, 0.5) is 0 Å². The van der Waals surface area contributed by atoms with E-state index in [2.05, 4.69) is 30.3 Å². The summed E-state index contributed by atoms with van der Waals surface area (Å²) in [4.78, 5) is 0. The fraction of sp³-hybridized carbons (Fsp3) is 0.667. The highest BCUT2D eigenvalue weighted by atomic mass is 14.4. The lowest BCUT2D eigenvalue weighted by atomic mass is 9.66. The van der Waals surface area contributed by atoms with E-state index in [0.29, 0.717) is 0 Å². The summed E-state index contributed by atoms with van der Waals surface area (Å²) in [5.41, 5.74) is 1.62. The fourth-order valence-corrected chi connectivity index (χ4v) is 4.40. The highest BCUT2D eigenvalue weighted by molar-refractivity contribution is 5.21. The van der Waals surface area contributed by atoms with Gasteiger partial charge in [-0.2, -0.15) is 0 Å². The van der Waals surface area contributed by atoms with Gasteiger partial charge >= 0.3 is 0 Å². The van der Waals surface area contributed by atoms with Crippen LogP contribution in [-0.2, 0) is 0 Å². The Labute approximate surface area is 112 Å². The molecule has 2 atom stereocenters. The molecule has 18 heavy (non-hydrogen) atoms. The van der Waals surface area contributed by atoms with Gasteiger partial charge in [0.05, 0.1) is 0 Å². The van der Waals surface area contributed by atoms with E-state index in [1.54, 1.807) is 5.56 Å². The zero-order valence-corrected chi connectivity index (χ0v) is 11.5. The summed E-state index contributed by atoms with van der Waals surface area (Å²) in [6.07, 6.45) is 13.3. The van der Waals surface area contributed by atoms with Gasteiger partial charge < -0.3 is 0 Å². The minimum absolute atomic E-state index is 0.864. The van der Waals surface area contributed by atoms with Crippen LogP contribution < -0.4 is 0 Å². The molecular weight excluding hydrogens is 216 g/mol. The summed E-state index contributed by atoms with van der Waals surface area (Å²) >= 11 is 0. The van der Waals surface area contributed by atoms with Gasteiger partial charge in [0.1, 0.15) is 0 Å². The first kappa shape index (κ1) is 12.3. The average Bonchev–Trinajstić information content (AvgIpc) is 2.49. The largest absolute Gasteiger partial charge is 0.0622 e. The lowest BCUT2D eigenvalue weighted by Crippen LogP contribution is -2.27. The fourth-order valence-electron chi connectivity index (χ4n) is 4.40. The summed E-state index contributed by atoms with van der Waals surface area (Å²) in [5, 5.41) is 0. The van der Waals surface area contributed by atoms with E-state index < -0.39 is 0 Å². The Balaban J connectivity index is 1.77. The van der Waals surface area contributed by atoms with Crippen molar-refractivity contribution >= 4 is 0 Å². The van der Waals surface area contributed by atoms with Crippen molar-refractivity contribution in [1.29, 1.82) is 0 Å². The molecule has 1 aromatic carbocycles. The minimum atomic E-state index is 0.864. The molecule has 0 heterocycles. The topological polar surface area (TPSA) is 0 Å². The van der Waals surface area contributed by atoms with Crippen molar-refractivity contribution in [2.24, 2.45) is 11.8 Å². The van der Waals surface area contributed by atoms with Crippen molar-refractivity contribution in [1.82, 2.24) is 0 Å². The first-order valence-electron chi connectivity index (χ1n) is 8.00. The first-order chi connectivity index (χ1) is 8.95. The Morgan fingerprint density at radius 1 is 0.667 bits per heavy atom. The molecule has 0 spiro atoms. The SMILES string of the molecule is c1ccc(C2CCCCC2C2CCCCC2)cc1. The Morgan fingerprint density at radius 2 is 1.33 bits per heavy atom. The quantitative estimate of drug-likeness (QED) is 0.638. The van der Waals surface area contributed by atoms with Gasteiger partial charge in [-0.25, -0.2) is 0 Å². The predicted octanol–water partition coefficient (Wildman–Crippen LogP) is 5.54. The van der Waals surface area contributed by atoms with E-state index in [1.807, 2.05) is 0 Å². The van der Waals surface area contributed by atoms with Crippen molar-refractivity contribution < 1.29 is 0 Å². The molecule has 98 valence electrons. The van der Waals surface area contributed by atoms with Crippen LogP contribution in [0.25, 0.3) is 0 Å². The van der Waals surface area contributed by atoms with Crippen molar-refractivity contribution in [2.45, 2.75) is 63.7 Å². The molecule has 0 saturated heterocycles. The van der Waals surface area contributed by atoms with E-state index in [-0.39, 0.29) is 0 Å². The second kappa shape index (κ2) is 5.91. The van der Waals surface area contributed by atoms with Crippen LogP contribution in [0, 0.1) is 11.8 Å². The normalized spacial score (nSPS) is 30.2. The molecule has 0 radical (unpaired) electrons. The lowest BCUT2D eigenvalue weighted by Gasteiger charge is -2.39. The molecule has 2 fully saturated rings. The molecular formula is C18H26. The third-order valence-electron chi connectivity index (χ3n) is 5.30. The van der Waals surface area contributed by atoms with Gasteiger partial charge in [0.15, 0.2) is 0 Å². The maximum atomic E-state index is 2.37. The Hall–Kier alpha value is -0.780. The number of hydrogen-bond donors (Lipinski definition) is 0. The van der Waals surface area contributed by atoms with Gasteiger partial charge in [-0.05, 0) is 36.2 Å². The van der Waals surface area contributed by atoms with E-state index in [1.165, 1.54) is 57.8 Å². The van der Waals surface area contributed by atoms with E-state index in [0.717, 1.165) is 17.8 Å². The highest BCUT2D eigenvalue weighted by Gasteiger charge is 2.32. The van der Waals surface area contributed by atoms with Crippen molar-refractivity contribution in [3.8, 4) is 0 Å². The molecule has 0 aliphatic heterocycles. The molecule has 0 nitrogen and oxygen atoms in total. The molecule has 1 aromatic rings. The van der Waals surface area contributed by atoms with Crippen LogP contribution in [0.1, 0.15) is 69.3 Å². The monoisotopic (exact) mass is 242 g/mol. The van der Waals surface area contributed by atoms with Crippen LogP contribution in [0.3, 0.4) is 0 Å². The number of benzene rings is 1. The molecule has 0 amide bonds. The third-order valence-corrected chi connectivity index (χ3v) is 5.30. The smallest absolute Gasteiger partial charge is 0.0131 e. The Morgan fingerprint density at radius 3 is 2.11 bits per heavy atom. The van der Waals surface area contributed by atoms with Gasteiger partial charge in [0, 0.05) is 0 Å². The molecule has 2 aliphatic carbocycles. The first-order valence-corrected chi connectivity index (χ1v) is 8.00. The molecule has 0 heteroatoms. The molecule has 2 unspecified atom stereocenters. The zero-order valence-electron chi connectivity index (χ0n) is 11.5. The second-order valence-electron chi connectivity index (χ2n) is 6.36. The summed E-state index contributed by atoms with van der Waals surface area (Å²) in [6.45, 7) is 0. The summed E-state index contributed by atoms with van der Waals surface area (Å²) in [6, 6.07) is 11.3. The maximum absolute atomic E-state index is 2.37. The van der Waals surface area contributed by atoms with Crippen molar-refractivity contribution in [3.63, 3.8) is 0 Å². The Bertz CT molecular complexity index is 348. The number of rotatable bonds is 2.